The Kier molecular flexibility index (Phi) is 66.5. The number of ether oxygens (including phenoxy) is 4. The maximum atomic E-state index is 13.1. The molecule has 0 spiro atoms. The second-order valence-electron chi connectivity index (χ2n) is 28.3. The molecule has 0 saturated heterocycles. The predicted molar refractivity (Wildman–Crippen MR) is 386 cm³/mol. The third kappa shape index (κ3) is 70.3. The van der Waals surface area contributed by atoms with Crippen molar-refractivity contribution in [1.29, 1.82) is 0 Å². The molecule has 0 aliphatic rings. The van der Waals surface area contributed by atoms with E-state index in [1.54, 1.807) is 0 Å². The standard InChI is InChI=1S/C76H148O17P2/c1-7-9-11-13-15-17-19-21-22-25-28-32-35-39-46-52-58-73(78)86-64-71(92-76(81)61-55-49-41-37-33-29-26-23-24-27-30-34-38-44-50-56-68(3)4)66-90-94(82,83)88-62-70(77)63-89-95(84,85)91-67-72(65-87-74(79)59-53-47-43-42-45-51-57-69(5)6)93-75(80)60-54-48-40-36-31-20-18-16-14-12-10-8-2/h68-72,77H,7-67H2,1-6H3,(H,82,83)(H,84,85)/t70-,71-,72-/m1/s1. The Morgan fingerprint density at radius 2 is 0.484 bits per heavy atom. The molecule has 17 nitrogen and oxygen atoms in total. The Hall–Kier alpha value is -1.94. The van der Waals surface area contributed by atoms with Gasteiger partial charge < -0.3 is 33.8 Å². The van der Waals surface area contributed by atoms with Gasteiger partial charge in [0.15, 0.2) is 12.2 Å². The third-order valence-corrected chi connectivity index (χ3v) is 19.6. The normalized spacial score (nSPS) is 14.0. The topological polar surface area (TPSA) is 237 Å². The summed E-state index contributed by atoms with van der Waals surface area (Å²) in [5.41, 5.74) is 0. The Bertz CT molecular complexity index is 1840. The van der Waals surface area contributed by atoms with Gasteiger partial charge in [0.25, 0.3) is 0 Å². The minimum atomic E-state index is -4.96. The van der Waals surface area contributed by atoms with Crippen molar-refractivity contribution >= 4 is 39.5 Å². The SMILES string of the molecule is CCCCCCCCCCCCCCCCCCC(=O)OC[C@H](COP(=O)(O)OC[C@@H](O)COP(=O)(O)OC[C@@H](COC(=O)CCCCCCCCC(C)C)OC(=O)CCCCCCCCCCCCCC)OC(=O)CCCCCCCCCCCCCCCCCC(C)C. The molecule has 3 N–H and O–H groups in total. The molecule has 0 radical (unpaired) electrons. The van der Waals surface area contributed by atoms with Gasteiger partial charge in [-0.25, -0.2) is 9.13 Å². The zero-order valence-corrected chi connectivity index (χ0v) is 63.8. The van der Waals surface area contributed by atoms with Crippen LogP contribution in [0.1, 0.15) is 395 Å². The van der Waals surface area contributed by atoms with E-state index in [-0.39, 0.29) is 25.7 Å². The van der Waals surface area contributed by atoms with Gasteiger partial charge in [0.2, 0.25) is 0 Å². The van der Waals surface area contributed by atoms with E-state index in [9.17, 15) is 43.2 Å². The minimum absolute atomic E-state index is 0.106. The molecule has 0 fully saturated rings. The van der Waals surface area contributed by atoms with E-state index < -0.39 is 97.5 Å². The lowest BCUT2D eigenvalue weighted by molar-refractivity contribution is -0.161. The Morgan fingerprint density at radius 1 is 0.284 bits per heavy atom. The molecule has 95 heavy (non-hydrogen) atoms. The van der Waals surface area contributed by atoms with Crippen LogP contribution in [-0.2, 0) is 65.4 Å². The molecule has 0 aliphatic heterocycles. The number of rotatable bonds is 75. The summed E-state index contributed by atoms with van der Waals surface area (Å²) < 4.78 is 68.5. The van der Waals surface area contributed by atoms with E-state index >= 15 is 0 Å². The lowest BCUT2D eigenvalue weighted by Gasteiger charge is -2.21. The number of hydrogen-bond acceptors (Lipinski definition) is 15. The molecule has 0 aromatic heterocycles. The molecule has 564 valence electrons. The number of phosphoric ester groups is 2. The first-order chi connectivity index (χ1) is 45.9. The highest BCUT2D eigenvalue weighted by atomic mass is 31.2. The van der Waals surface area contributed by atoms with Crippen LogP contribution in [0.5, 0.6) is 0 Å². The molecular weight excluding hydrogens is 1250 g/mol. The Labute approximate surface area is 581 Å². The minimum Gasteiger partial charge on any atom is -0.462 e. The zero-order chi connectivity index (χ0) is 70.0. The average Bonchev–Trinajstić information content (AvgIpc) is 3.18. The molecule has 0 heterocycles. The first-order valence-electron chi connectivity index (χ1n) is 39.5. The lowest BCUT2D eigenvalue weighted by atomic mass is 10.0. The van der Waals surface area contributed by atoms with Crippen LogP contribution in [-0.4, -0.2) is 96.7 Å². The maximum Gasteiger partial charge on any atom is 0.472 e. The predicted octanol–water partition coefficient (Wildman–Crippen LogP) is 22.3. The maximum absolute atomic E-state index is 13.1. The summed E-state index contributed by atoms with van der Waals surface area (Å²) >= 11 is 0. The highest BCUT2D eigenvalue weighted by Gasteiger charge is 2.30. The molecule has 0 amide bonds. The fraction of sp³-hybridized carbons (Fsp3) is 0.947. The van der Waals surface area contributed by atoms with Crippen LogP contribution < -0.4 is 0 Å². The van der Waals surface area contributed by atoms with E-state index in [1.807, 2.05) is 0 Å². The lowest BCUT2D eigenvalue weighted by Crippen LogP contribution is -2.30. The molecule has 0 aromatic carbocycles. The van der Waals surface area contributed by atoms with E-state index in [0.29, 0.717) is 31.6 Å². The Morgan fingerprint density at radius 3 is 0.716 bits per heavy atom. The van der Waals surface area contributed by atoms with Crippen LogP contribution in [0.3, 0.4) is 0 Å². The van der Waals surface area contributed by atoms with Crippen molar-refractivity contribution in [2.75, 3.05) is 39.6 Å². The molecule has 0 aliphatic carbocycles. The summed E-state index contributed by atoms with van der Waals surface area (Å²) in [6.45, 7) is 9.54. The van der Waals surface area contributed by atoms with Crippen LogP contribution in [0.15, 0.2) is 0 Å². The smallest absolute Gasteiger partial charge is 0.462 e. The van der Waals surface area contributed by atoms with E-state index in [4.69, 9.17) is 37.0 Å². The number of aliphatic hydroxyl groups is 1. The van der Waals surface area contributed by atoms with Crippen LogP contribution in [0.25, 0.3) is 0 Å². The van der Waals surface area contributed by atoms with Crippen molar-refractivity contribution in [2.24, 2.45) is 11.8 Å². The number of esters is 4. The van der Waals surface area contributed by atoms with Gasteiger partial charge in [-0.3, -0.25) is 37.3 Å². The summed E-state index contributed by atoms with van der Waals surface area (Å²) in [7, 11) is -9.91. The zero-order valence-electron chi connectivity index (χ0n) is 62.0. The molecule has 19 heteroatoms. The average molecular weight is 1400 g/mol. The molecule has 0 aromatic rings. The van der Waals surface area contributed by atoms with Crippen LogP contribution in [0.4, 0.5) is 0 Å². The van der Waals surface area contributed by atoms with Crippen LogP contribution in [0.2, 0.25) is 0 Å². The van der Waals surface area contributed by atoms with Crippen molar-refractivity contribution in [3.05, 3.63) is 0 Å². The number of carbonyl (C=O) groups excluding carboxylic acids is 4. The molecule has 0 rings (SSSR count). The number of carbonyl (C=O) groups is 4. The molecular formula is C76H148O17P2. The van der Waals surface area contributed by atoms with Gasteiger partial charge in [-0.1, -0.05) is 343 Å². The van der Waals surface area contributed by atoms with Crippen molar-refractivity contribution in [2.45, 2.75) is 413 Å². The van der Waals surface area contributed by atoms with Crippen LogP contribution >= 0.6 is 15.6 Å². The van der Waals surface area contributed by atoms with Gasteiger partial charge >= 0.3 is 39.5 Å². The van der Waals surface area contributed by atoms with E-state index in [0.717, 1.165) is 102 Å². The van der Waals surface area contributed by atoms with Crippen molar-refractivity contribution in [3.63, 3.8) is 0 Å². The van der Waals surface area contributed by atoms with Gasteiger partial charge in [-0.2, -0.15) is 0 Å². The van der Waals surface area contributed by atoms with E-state index in [1.165, 1.54) is 205 Å². The first kappa shape index (κ1) is 93.1. The second-order valence-corrected chi connectivity index (χ2v) is 31.3. The van der Waals surface area contributed by atoms with Crippen molar-refractivity contribution in [3.8, 4) is 0 Å². The molecule has 0 saturated carbocycles. The van der Waals surface area contributed by atoms with Gasteiger partial charge in [0.05, 0.1) is 26.4 Å². The van der Waals surface area contributed by atoms with Gasteiger partial charge in [-0.05, 0) is 37.5 Å². The monoisotopic (exact) mass is 1400 g/mol. The van der Waals surface area contributed by atoms with Gasteiger partial charge in [0.1, 0.15) is 19.3 Å². The fourth-order valence-corrected chi connectivity index (χ4v) is 13.2. The summed E-state index contributed by atoms with van der Waals surface area (Å²) in [4.78, 5) is 72.8. The highest BCUT2D eigenvalue weighted by molar-refractivity contribution is 7.47. The highest BCUT2D eigenvalue weighted by Crippen LogP contribution is 2.45. The summed E-state index contributed by atoms with van der Waals surface area (Å²) in [5.74, 6) is -0.634. The second kappa shape index (κ2) is 67.9. The van der Waals surface area contributed by atoms with Crippen LogP contribution in [0, 0.1) is 11.8 Å². The number of phosphoric acid groups is 2. The summed E-state index contributed by atoms with van der Waals surface area (Å²) in [6, 6.07) is 0. The van der Waals surface area contributed by atoms with Gasteiger partial charge in [0, 0.05) is 25.7 Å². The van der Waals surface area contributed by atoms with E-state index in [2.05, 4.69) is 41.5 Å². The largest absolute Gasteiger partial charge is 0.472 e. The quantitative estimate of drug-likeness (QED) is 0.0222. The Balaban J connectivity index is 5.22. The number of hydrogen-bond donors (Lipinski definition) is 3. The number of aliphatic hydroxyl groups excluding tert-OH is 1. The van der Waals surface area contributed by atoms with Gasteiger partial charge in [-0.15, -0.1) is 0 Å². The first-order valence-corrected chi connectivity index (χ1v) is 42.5. The third-order valence-electron chi connectivity index (χ3n) is 17.7. The molecule has 5 atom stereocenters. The summed E-state index contributed by atoms with van der Waals surface area (Å²) in [5, 5.41) is 10.6. The van der Waals surface area contributed by atoms with Crippen molar-refractivity contribution < 1.29 is 80.2 Å². The van der Waals surface area contributed by atoms with Crippen molar-refractivity contribution in [1.82, 2.24) is 0 Å². The molecule has 0 bridgehead atoms. The number of unbranched alkanes of at least 4 members (excludes halogenated alkanes) is 45. The molecule has 2 unspecified atom stereocenters. The summed E-state index contributed by atoms with van der Waals surface area (Å²) in [6.07, 6.45) is 55.6. The fourth-order valence-electron chi connectivity index (χ4n) is 11.7.